The molecule has 0 saturated carbocycles. The highest BCUT2D eigenvalue weighted by Crippen LogP contribution is 2.17. The number of rotatable bonds is 3. The monoisotopic (exact) mass is 275 g/mol. The maximum atomic E-state index is 8.71. The number of nitrogens with zero attached hydrogens (tertiary/aromatic N) is 1. The number of hydrogen-bond acceptors (Lipinski definition) is 4. The second-order valence-corrected chi connectivity index (χ2v) is 5.00. The van der Waals surface area contributed by atoms with Gasteiger partial charge in [0, 0.05) is 18.7 Å². The first-order valence-corrected chi connectivity index (χ1v) is 6.82. The average Bonchev–Trinajstić information content (AvgIpc) is 2.44. The standard InChI is InChI=1S/C16H21NO3/c1-13-10-15(6-5-14(13)4-3-8-18)20-12-16-11-17(2)7-9-19-16/h5-6,10,16,18H,7-9,11-12H2,1-2H3. The SMILES string of the molecule is Cc1cc(OCC2CN(C)CCO2)ccc1C#CCO. The Bertz CT molecular complexity index is 504. The highest BCUT2D eigenvalue weighted by molar-refractivity contribution is 5.44. The first kappa shape index (κ1) is 14.9. The van der Waals surface area contributed by atoms with E-state index < -0.39 is 0 Å². The highest BCUT2D eigenvalue weighted by atomic mass is 16.5. The number of benzene rings is 1. The summed E-state index contributed by atoms with van der Waals surface area (Å²) in [6, 6.07) is 5.79. The van der Waals surface area contributed by atoms with Crippen LogP contribution in [0.25, 0.3) is 0 Å². The third-order valence-electron chi connectivity index (χ3n) is 3.28. The molecule has 1 unspecified atom stereocenters. The minimum atomic E-state index is -0.121. The molecule has 1 fully saturated rings. The molecule has 0 amide bonds. The third kappa shape index (κ3) is 4.24. The first-order chi connectivity index (χ1) is 9.69. The predicted octanol–water partition coefficient (Wildman–Crippen LogP) is 1.05. The molecule has 20 heavy (non-hydrogen) atoms. The second kappa shape index (κ2) is 7.30. The maximum absolute atomic E-state index is 8.71. The molecular formula is C16H21NO3. The van der Waals surface area contributed by atoms with E-state index in [4.69, 9.17) is 14.6 Å². The average molecular weight is 275 g/mol. The van der Waals surface area contributed by atoms with Gasteiger partial charge in [-0.2, -0.15) is 0 Å². The number of aliphatic hydroxyl groups excluding tert-OH is 1. The molecule has 1 aromatic rings. The van der Waals surface area contributed by atoms with Crippen molar-refractivity contribution in [1.82, 2.24) is 4.90 Å². The lowest BCUT2D eigenvalue weighted by Gasteiger charge is -2.29. The molecule has 1 atom stereocenters. The molecule has 1 saturated heterocycles. The molecule has 1 heterocycles. The van der Waals surface area contributed by atoms with Crippen molar-refractivity contribution in [1.29, 1.82) is 0 Å². The zero-order valence-corrected chi connectivity index (χ0v) is 12.1. The van der Waals surface area contributed by atoms with Crippen molar-refractivity contribution in [2.45, 2.75) is 13.0 Å². The van der Waals surface area contributed by atoms with Crippen LogP contribution in [0.5, 0.6) is 5.75 Å². The maximum Gasteiger partial charge on any atom is 0.119 e. The molecule has 0 radical (unpaired) electrons. The van der Waals surface area contributed by atoms with Crippen LogP contribution in [0.4, 0.5) is 0 Å². The lowest BCUT2D eigenvalue weighted by atomic mass is 10.1. The molecule has 0 bridgehead atoms. The lowest BCUT2D eigenvalue weighted by molar-refractivity contribution is -0.0403. The van der Waals surface area contributed by atoms with E-state index in [1.54, 1.807) is 0 Å². The van der Waals surface area contributed by atoms with Crippen molar-refractivity contribution in [2.75, 3.05) is 40.0 Å². The Balaban J connectivity index is 1.91. The van der Waals surface area contributed by atoms with E-state index in [0.717, 1.165) is 36.6 Å². The van der Waals surface area contributed by atoms with Crippen LogP contribution < -0.4 is 4.74 Å². The normalized spacial score (nSPS) is 19.2. The van der Waals surface area contributed by atoms with Gasteiger partial charge in [-0.25, -0.2) is 0 Å². The van der Waals surface area contributed by atoms with E-state index in [9.17, 15) is 0 Å². The van der Waals surface area contributed by atoms with Crippen molar-refractivity contribution in [2.24, 2.45) is 0 Å². The summed E-state index contributed by atoms with van der Waals surface area (Å²) in [6.45, 7) is 5.07. The molecule has 1 aliphatic heterocycles. The molecule has 1 aliphatic rings. The number of likely N-dealkylation sites (N-methyl/N-ethyl adjacent to an activating group) is 1. The van der Waals surface area contributed by atoms with E-state index in [2.05, 4.69) is 23.8 Å². The van der Waals surface area contributed by atoms with Gasteiger partial charge in [-0.1, -0.05) is 11.8 Å². The van der Waals surface area contributed by atoms with Gasteiger partial charge in [0.2, 0.25) is 0 Å². The first-order valence-electron chi connectivity index (χ1n) is 6.82. The summed E-state index contributed by atoms with van der Waals surface area (Å²) in [4.78, 5) is 2.25. The van der Waals surface area contributed by atoms with Crippen LogP contribution in [0.15, 0.2) is 18.2 Å². The second-order valence-electron chi connectivity index (χ2n) is 5.00. The van der Waals surface area contributed by atoms with Crippen molar-refractivity contribution in [3.8, 4) is 17.6 Å². The fourth-order valence-electron chi connectivity index (χ4n) is 2.16. The molecule has 1 N–H and O–H groups in total. The Morgan fingerprint density at radius 2 is 2.35 bits per heavy atom. The fourth-order valence-corrected chi connectivity index (χ4v) is 2.16. The quantitative estimate of drug-likeness (QED) is 0.837. The van der Waals surface area contributed by atoms with Gasteiger partial charge >= 0.3 is 0 Å². The van der Waals surface area contributed by atoms with Gasteiger partial charge in [-0.15, -0.1) is 0 Å². The van der Waals surface area contributed by atoms with Crippen molar-refractivity contribution >= 4 is 0 Å². The van der Waals surface area contributed by atoms with Crippen LogP contribution in [0, 0.1) is 18.8 Å². The molecular weight excluding hydrogens is 254 g/mol. The summed E-state index contributed by atoms with van der Waals surface area (Å²) in [5.41, 5.74) is 1.96. The molecule has 0 spiro atoms. The summed E-state index contributed by atoms with van der Waals surface area (Å²) in [5, 5.41) is 8.71. The molecule has 2 rings (SSSR count). The molecule has 108 valence electrons. The molecule has 4 heteroatoms. The van der Waals surface area contributed by atoms with Gasteiger partial charge in [0.25, 0.3) is 0 Å². The van der Waals surface area contributed by atoms with E-state index in [1.165, 1.54) is 0 Å². The van der Waals surface area contributed by atoms with Gasteiger partial charge in [0.1, 0.15) is 25.1 Å². The van der Waals surface area contributed by atoms with Crippen LogP contribution >= 0.6 is 0 Å². The molecule has 1 aromatic carbocycles. The summed E-state index contributed by atoms with van der Waals surface area (Å²) in [6.07, 6.45) is 0.128. The topological polar surface area (TPSA) is 41.9 Å². The molecule has 0 aromatic heterocycles. The minimum absolute atomic E-state index is 0.121. The van der Waals surface area contributed by atoms with Crippen LogP contribution in [-0.2, 0) is 4.74 Å². The summed E-state index contributed by atoms with van der Waals surface area (Å²) in [5.74, 6) is 6.39. The van der Waals surface area contributed by atoms with Crippen molar-refractivity contribution < 1.29 is 14.6 Å². The predicted molar refractivity (Wildman–Crippen MR) is 77.9 cm³/mol. The van der Waals surface area contributed by atoms with Crippen molar-refractivity contribution in [3.63, 3.8) is 0 Å². The Kier molecular flexibility index (Phi) is 5.42. The van der Waals surface area contributed by atoms with E-state index in [0.29, 0.717) is 6.61 Å². The van der Waals surface area contributed by atoms with Crippen LogP contribution in [-0.4, -0.2) is 56.1 Å². The Morgan fingerprint density at radius 1 is 1.50 bits per heavy atom. The van der Waals surface area contributed by atoms with Crippen LogP contribution in [0.3, 0.4) is 0 Å². The number of hydrogen-bond donors (Lipinski definition) is 1. The molecule has 0 aliphatic carbocycles. The van der Waals surface area contributed by atoms with Crippen molar-refractivity contribution in [3.05, 3.63) is 29.3 Å². The van der Waals surface area contributed by atoms with Gasteiger partial charge in [-0.05, 0) is 37.7 Å². The fraction of sp³-hybridized carbons (Fsp3) is 0.500. The van der Waals surface area contributed by atoms with Crippen LogP contribution in [0.1, 0.15) is 11.1 Å². The third-order valence-corrected chi connectivity index (χ3v) is 3.28. The van der Waals surface area contributed by atoms with Gasteiger partial charge in [0.05, 0.1) is 6.61 Å². The molecule has 4 nitrogen and oxygen atoms in total. The lowest BCUT2D eigenvalue weighted by Crippen LogP contribution is -2.42. The number of ether oxygens (including phenoxy) is 2. The van der Waals surface area contributed by atoms with E-state index in [-0.39, 0.29) is 12.7 Å². The Morgan fingerprint density at radius 3 is 3.05 bits per heavy atom. The Labute approximate surface area is 120 Å². The van der Waals surface area contributed by atoms with Crippen LogP contribution in [0.2, 0.25) is 0 Å². The van der Waals surface area contributed by atoms with Gasteiger partial charge in [0.15, 0.2) is 0 Å². The smallest absolute Gasteiger partial charge is 0.119 e. The van der Waals surface area contributed by atoms with Gasteiger partial charge in [-0.3, -0.25) is 0 Å². The largest absolute Gasteiger partial charge is 0.491 e. The van der Waals surface area contributed by atoms with Gasteiger partial charge < -0.3 is 19.5 Å². The van der Waals surface area contributed by atoms with E-state index in [1.807, 2.05) is 25.1 Å². The summed E-state index contributed by atoms with van der Waals surface area (Å²) in [7, 11) is 2.09. The zero-order valence-electron chi connectivity index (χ0n) is 12.1. The zero-order chi connectivity index (χ0) is 14.4. The summed E-state index contributed by atoms with van der Waals surface area (Å²) >= 11 is 0. The number of aliphatic hydroxyl groups is 1. The number of aryl methyl sites for hydroxylation is 1. The minimum Gasteiger partial charge on any atom is -0.491 e. The van der Waals surface area contributed by atoms with E-state index >= 15 is 0 Å². The summed E-state index contributed by atoms with van der Waals surface area (Å²) < 4.78 is 11.4. The number of morpholine rings is 1. The highest BCUT2D eigenvalue weighted by Gasteiger charge is 2.18. The Hall–Kier alpha value is -1.54.